The van der Waals surface area contributed by atoms with Gasteiger partial charge in [-0.3, -0.25) is 9.59 Å². The van der Waals surface area contributed by atoms with Crippen LogP contribution in [-0.4, -0.2) is 31.8 Å². The van der Waals surface area contributed by atoms with Crippen LogP contribution in [0.5, 0.6) is 0 Å². The molecule has 0 bridgehead atoms. The van der Waals surface area contributed by atoms with Gasteiger partial charge < -0.3 is 10.6 Å². The summed E-state index contributed by atoms with van der Waals surface area (Å²) in [4.78, 5) is 22.6. The molecule has 0 saturated heterocycles. The topological polar surface area (TPSA) is 58.2 Å². The second-order valence-corrected chi connectivity index (χ2v) is 3.82. The lowest BCUT2D eigenvalue weighted by Gasteiger charge is -2.28. The Hall–Kier alpha value is -0.900. The van der Waals surface area contributed by atoms with Gasteiger partial charge in [-0.05, 0) is 19.4 Å². The van der Waals surface area contributed by atoms with Gasteiger partial charge in [0.2, 0.25) is 5.78 Å². The summed E-state index contributed by atoms with van der Waals surface area (Å²) in [5, 5.41) is 5.27. The molecule has 0 radical (unpaired) electrons. The second kappa shape index (κ2) is 5.10. The van der Waals surface area contributed by atoms with E-state index < -0.39 is 5.91 Å². The monoisotopic (exact) mass is 198 g/mol. The Morgan fingerprint density at radius 1 is 1.36 bits per heavy atom. The average molecular weight is 198 g/mol. The maximum atomic E-state index is 11.5. The Balaban J connectivity index is 2.43. The highest BCUT2D eigenvalue weighted by atomic mass is 16.2. The first-order chi connectivity index (χ1) is 6.69. The molecule has 1 aliphatic carbocycles. The first-order valence-electron chi connectivity index (χ1n) is 5.12. The third-order valence-electron chi connectivity index (χ3n) is 2.91. The van der Waals surface area contributed by atoms with Crippen LogP contribution in [0.4, 0.5) is 0 Å². The van der Waals surface area contributed by atoms with Gasteiger partial charge in [0.25, 0.3) is 5.91 Å². The van der Waals surface area contributed by atoms with E-state index in [-0.39, 0.29) is 11.8 Å². The fourth-order valence-electron chi connectivity index (χ4n) is 1.70. The molecule has 0 spiro atoms. The zero-order valence-electron chi connectivity index (χ0n) is 8.80. The minimum atomic E-state index is -0.497. The summed E-state index contributed by atoms with van der Waals surface area (Å²) in [5.74, 6) is -0.216. The molecule has 4 nitrogen and oxygen atoms in total. The predicted octanol–water partition coefficient (Wildman–Crippen LogP) is 0.0797. The van der Waals surface area contributed by atoms with Gasteiger partial charge in [-0.1, -0.05) is 19.3 Å². The number of carbonyl (C=O) groups excluding carboxylic acids is 2. The van der Waals surface area contributed by atoms with Gasteiger partial charge in [-0.25, -0.2) is 0 Å². The van der Waals surface area contributed by atoms with E-state index in [9.17, 15) is 9.59 Å². The lowest BCUT2D eigenvalue weighted by Crippen LogP contribution is -2.44. The van der Waals surface area contributed by atoms with Crippen molar-refractivity contribution >= 4 is 11.7 Å². The Morgan fingerprint density at radius 3 is 2.36 bits per heavy atom. The highest BCUT2D eigenvalue weighted by molar-refractivity contribution is 6.38. The van der Waals surface area contributed by atoms with E-state index >= 15 is 0 Å². The molecule has 1 aliphatic rings. The Morgan fingerprint density at radius 2 is 2.00 bits per heavy atom. The van der Waals surface area contributed by atoms with E-state index in [1.807, 2.05) is 0 Å². The maximum Gasteiger partial charge on any atom is 0.288 e. The summed E-state index contributed by atoms with van der Waals surface area (Å²) in [6.07, 6.45) is 4.44. The lowest BCUT2D eigenvalue weighted by molar-refractivity contribution is -0.139. The number of hydrogen-bond acceptors (Lipinski definition) is 3. The van der Waals surface area contributed by atoms with Crippen molar-refractivity contribution in [3.05, 3.63) is 0 Å². The number of likely N-dealkylation sites (N-methyl/N-ethyl adjacent to an activating group) is 2. The van der Waals surface area contributed by atoms with E-state index in [0.717, 1.165) is 6.42 Å². The van der Waals surface area contributed by atoms with Gasteiger partial charge >= 0.3 is 0 Å². The third-order valence-corrected chi connectivity index (χ3v) is 2.91. The second-order valence-electron chi connectivity index (χ2n) is 3.82. The van der Waals surface area contributed by atoms with Crippen LogP contribution >= 0.6 is 0 Å². The summed E-state index contributed by atoms with van der Waals surface area (Å²) in [7, 11) is 3.21. The largest absolute Gasteiger partial charge is 0.353 e. The van der Waals surface area contributed by atoms with E-state index in [0.29, 0.717) is 5.92 Å². The zero-order valence-corrected chi connectivity index (χ0v) is 8.80. The van der Waals surface area contributed by atoms with Crippen LogP contribution in [0.1, 0.15) is 25.7 Å². The van der Waals surface area contributed by atoms with E-state index in [2.05, 4.69) is 10.6 Å². The van der Waals surface area contributed by atoms with Crippen molar-refractivity contribution < 1.29 is 9.59 Å². The van der Waals surface area contributed by atoms with Crippen LogP contribution in [0, 0.1) is 5.92 Å². The van der Waals surface area contributed by atoms with Crippen LogP contribution in [0.3, 0.4) is 0 Å². The molecular formula is C10H18N2O2. The molecule has 80 valence electrons. The van der Waals surface area contributed by atoms with Crippen molar-refractivity contribution in [1.29, 1.82) is 0 Å². The average Bonchev–Trinajstić information content (AvgIpc) is 2.14. The first-order valence-corrected chi connectivity index (χ1v) is 5.12. The Bertz CT molecular complexity index is 224. The standard InChI is InChI=1S/C10H18N2O2/c1-11-8(6-7-4-3-5-7)9(13)10(14)12-2/h7-8,11H,3-6H2,1-2H3,(H,12,14). The number of Topliss-reactive ketones (excluding diaryl/α,β-unsaturated/α-hetero) is 1. The number of amides is 1. The summed E-state index contributed by atoms with van der Waals surface area (Å²) >= 11 is 0. The number of rotatable bonds is 5. The van der Waals surface area contributed by atoms with Gasteiger partial charge in [-0.15, -0.1) is 0 Å². The van der Waals surface area contributed by atoms with Crippen LogP contribution < -0.4 is 10.6 Å². The molecule has 14 heavy (non-hydrogen) atoms. The molecule has 1 unspecified atom stereocenters. The van der Waals surface area contributed by atoms with Crippen molar-refractivity contribution in [2.75, 3.05) is 14.1 Å². The first kappa shape index (κ1) is 11.2. The molecule has 1 amide bonds. The smallest absolute Gasteiger partial charge is 0.288 e. The summed E-state index contributed by atoms with van der Waals surface area (Å²) in [5.41, 5.74) is 0. The van der Waals surface area contributed by atoms with Crippen molar-refractivity contribution in [2.45, 2.75) is 31.7 Å². The van der Waals surface area contributed by atoms with E-state index in [1.165, 1.54) is 26.3 Å². The number of carbonyl (C=O) groups is 2. The third kappa shape index (κ3) is 2.54. The van der Waals surface area contributed by atoms with Crippen LogP contribution in [0.2, 0.25) is 0 Å². The van der Waals surface area contributed by atoms with Gasteiger partial charge in [-0.2, -0.15) is 0 Å². The molecule has 1 fully saturated rings. The van der Waals surface area contributed by atoms with E-state index in [4.69, 9.17) is 0 Å². The maximum absolute atomic E-state index is 11.5. The van der Waals surface area contributed by atoms with Gasteiger partial charge in [0, 0.05) is 7.05 Å². The van der Waals surface area contributed by atoms with Crippen molar-refractivity contribution in [2.24, 2.45) is 5.92 Å². The number of hydrogen-bond donors (Lipinski definition) is 2. The minimum absolute atomic E-state index is 0.305. The highest BCUT2D eigenvalue weighted by Gasteiger charge is 2.28. The van der Waals surface area contributed by atoms with Crippen LogP contribution in [0.15, 0.2) is 0 Å². The van der Waals surface area contributed by atoms with Crippen LogP contribution in [-0.2, 0) is 9.59 Å². The molecule has 1 rings (SSSR count). The Kier molecular flexibility index (Phi) is 4.07. The molecule has 1 saturated carbocycles. The predicted molar refractivity (Wildman–Crippen MR) is 53.9 cm³/mol. The van der Waals surface area contributed by atoms with Crippen molar-refractivity contribution in [1.82, 2.24) is 10.6 Å². The Labute approximate surface area is 84.4 Å². The summed E-state index contributed by atoms with van der Waals surface area (Å²) in [6, 6.07) is -0.305. The molecule has 0 aliphatic heterocycles. The molecule has 1 atom stereocenters. The molecule has 0 aromatic carbocycles. The summed E-state index contributed by atoms with van der Waals surface area (Å²) in [6.45, 7) is 0. The minimum Gasteiger partial charge on any atom is -0.353 e. The molecular weight excluding hydrogens is 180 g/mol. The van der Waals surface area contributed by atoms with Crippen molar-refractivity contribution in [3.63, 3.8) is 0 Å². The van der Waals surface area contributed by atoms with Crippen LogP contribution in [0.25, 0.3) is 0 Å². The molecule has 4 heteroatoms. The SMILES string of the molecule is CNC(=O)C(=O)C(CC1CCC1)NC. The molecule has 2 N–H and O–H groups in total. The number of nitrogens with one attached hydrogen (secondary N) is 2. The van der Waals surface area contributed by atoms with Gasteiger partial charge in [0.05, 0.1) is 6.04 Å². The highest BCUT2D eigenvalue weighted by Crippen LogP contribution is 2.30. The van der Waals surface area contributed by atoms with Crippen molar-refractivity contribution in [3.8, 4) is 0 Å². The fraction of sp³-hybridized carbons (Fsp3) is 0.800. The van der Waals surface area contributed by atoms with E-state index in [1.54, 1.807) is 7.05 Å². The fourth-order valence-corrected chi connectivity index (χ4v) is 1.70. The number of ketones is 1. The molecule has 0 aromatic heterocycles. The zero-order chi connectivity index (χ0) is 10.6. The quantitative estimate of drug-likeness (QED) is 0.615. The van der Waals surface area contributed by atoms with Gasteiger partial charge in [0.15, 0.2) is 0 Å². The normalized spacial score (nSPS) is 18.4. The molecule has 0 heterocycles. The lowest BCUT2D eigenvalue weighted by atomic mass is 9.80. The summed E-state index contributed by atoms with van der Waals surface area (Å²) < 4.78 is 0. The van der Waals surface area contributed by atoms with Gasteiger partial charge in [0.1, 0.15) is 0 Å². The molecule has 0 aromatic rings.